The monoisotopic (exact) mass is 264 g/mol. The highest BCUT2D eigenvalue weighted by Crippen LogP contribution is 2.32. The van der Waals surface area contributed by atoms with Crippen LogP contribution in [0.15, 0.2) is 12.1 Å². The largest absolute Gasteiger partial charge is 0.392 e. The smallest absolute Gasteiger partial charge is 0.142 e. The van der Waals surface area contributed by atoms with Crippen LogP contribution in [0.25, 0.3) is 0 Å². The molecule has 0 heterocycles. The van der Waals surface area contributed by atoms with Gasteiger partial charge in [-0.05, 0) is 23.6 Å². The molecule has 0 fully saturated rings. The standard InChI is InChI=1S/C12H15Cl2FO/c1-6(2)12(16)7(3)8-4-11(15)10(14)5-9(8)13/h4-7,12,16H,1-3H3. The van der Waals surface area contributed by atoms with E-state index in [9.17, 15) is 9.50 Å². The Morgan fingerprint density at radius 1 is 1.12 bits per heavy atom. The predicted octanol–water partition coefficient (Wildman–Crippen LogP) is 4.25. The van der Waals surface area contributed by atoms with Crippen molar-refractivity contribution in [3.63, 3.8) is 0 Å². The van der Waals surface area contributed by atoms with Crippen LogP contribution in [0.3, 0.4) is 0 Å². The first-order chi connectivity index (χ1) is 7.34. The van der Waals surface area contributed by atoms with Crippen LogP contribution in [-0.4, -0.2) is 11.2 Å². The molecule has 2 atom stereocenters. The second-order valence-corrected chi connectivity index (χ2v) is 5.13. The zero-order chi connectivity index (χ0) is 12.5. The molecule has 0 amide bonds. The molecule has 0 bridgehead atoms. The van der Waals surface area contributed by atoms with E-state index in [1.807, 2.05) is 20.8 Å². The average molecular weight is 265 g/mol. The Balaban J connectivity index is 3.08. The van der Waals surface area contributed by atoms with Crippen molar-refractivity contribution in [2.75, 3.05) is 0 Å². The Hall–Kier alpha value is -0.310. The number of hydrogen-bond acceptors (Lipinski definition) is 1. The van der Waals surface area contributed by atoms with Crippen molar-refractivity contribution in [2.45, 2.75) is 32.8 Å². The van der Waals surface area contributed by atoms with Crippen molar-refractivity contribution < 1.29 is 9.50 Å². The maximum absolute atomic E-state index is 13.3. The van der Waals surface area contributed by atoms with Gasteiger partial charge in [-0.3, -0.25) is 0 Å². The molecule has 1 N–H and O–H groups in total. The Kier molecular flexibility index (Phi) is 4.60. The summed E-state index contributed by atoms with van der Waals surface area (Å²) in [6, 6.07) is 2.66. The lowest BCUT2D eigenvalue weighted by Gasteiger charge is -2.23. The summed E-state index contributed by atoms with van der Waals surface area (Å²) in [5.74, 6) is -0.645. The van der Waals surface area contributed by atoms with E-state index in [0.717, 1.165) is 0 Å². The second-order valence-electron chi connectivity index (χ2n) is 4.31. The summed E-state index contributed by atoms with van der Waals surface area (Å²) in [5, 5.41) is 10.3. The highest BCUT2D eigenvalue weighted by Gasteiger charge is 2.22. The third-order valence-corrected chi connectivity index (χ3v) is 3.34. The first-order valence-electron chi connectivity index (χ1n) is 5.17. The summed E-state index contributed by atoms with van der Waals surface area (Å²) in [6.45, 7) is 5.63. The highest BCUT2D eigenvalue weighted by atomic mass is 35.5. The van der Waals surface area contributed by atoms with E-state index in [2.05, 4.69) is 0 Å². The molecule has 0 radical (unpaired) electrons. The molecular formula is C12H15Cl2FO. The molecule has 0 aliphatic rings. The minimum atomic E-state index is -0.557. The molecule has 90 valence electrons. The van der Waals surface area contributed by atoms with Crippen molar-refractivity contribution in [2.24, 2.45) is 5.92 Å². The van der Waals surface area contributed by atoms with E-state index in [-0.39, 0.29) is 16.9 Å². The van der Waals surface area contributed by atoms with Crippen LogP contribution in [0.5, 0.6) is 0 Å². The molecule has 0 saturated carbocycles. The van der Waals surface area contributed by atoms with Crippen molar-refractivity contribution in [3.8, 4) is 0 Å². The predicted molar refractivity (Wildman–Crippen MR) is 65.7 cm³/mol. The van der Waals surface area contributed by atoms with Gasteiger partial charge in [0, 0.05) is 10.9 Å². The Morgan fingerprint density at radius 3 is 2.19 bits per heavy atom. The fraction of sp³-hybridized carbons (Fsp3) is 0.500. The molecule has 0 spiro atoms. The van der Waals surface area contributed by atoms with Crippen LogP contribution in [-0.2, 0) is 0 Å². The molecule has 1 nitrogen and oxygen atoms in total. The number of hydrogen-bond donors (Lipinski definition) is 1. The molecule has 1 rings (SSSR count). The summed E-state index contributed by atoms with van der Waals surface area (Å²) in [4.78, 5) is 0. The fourth-order valence-electron chi connectivity index (χ4n) is 1.65. The van der Waals surface area contributed by atoms with Crippen LogP contribution in [0, 0.1) is 11.7 Å². The Morgan fingerprint density at radius 2 is 1.69 bits per heavy atom. The minimum absolute atomic E-state index is 0.0000123. The molecule has 1 aromatic carbocycles. The first-order valence-corrected chi connectivity index (χ1v) is 5.92. The van der Waals surface area contributed by atoms with Gasteiger partial charge < -0.3 is 5.11 Å². The van der Waals surface area contributed by atoms with Crippen LogP contribution in [0.4, 0.5) is 4.39 Å². The van der Waals surface area contributed by atoms with Gasteiger partial charge in [-0.15, -0.1) is 0 Å². The molecule has 2 unspecified atom stereocenters. The first kappa shape index (κ1) is 13.8. The van der Waals surface area contributed by atoms with Gasteiger partial charge in [0.05, 0.1) is 11.1 Å². The minimum Gasteiger partial charge on any atom is -0.392 e. The molecule has 4 heteroatoms. The van der Waals surface area contributed by atoms with E-state index in [1.54, 1.807) is 0 Å². The van der Waals surface area contributed by atoms with Gasteiger partial charge in [-0.2, -0.15) is 0 Å². The summed E-state index contributed by atoms with van der Waals surface area (Å²) in [6.07, 6.45) is -0.557. The summed E-state index contributed by atoms with van der Waals surface area (Å²) in [7, 11) is 0. The van der Waals surface area contributed by atoms with E-state index >= 15 is 0 Å². The van der Waals surface area contributed by atoms with E-state index in [1.165, 1.54) is 12.1 Å². The van der Waals surface area contributed by atoms with Crippen LogP contribution < -0.4 is 0 Å². The third-order valence-electron chi connectivity index (χ3n) is 2.73. The van der Waals surface area contributed by atoms with Crippen LogP contribution in [0.1, 0.15) is 32.3 Å². The third kappa shape index (κ3) is 2.88. The fourth-order valence-corrected chi connectivity index (χ4v) is 2.20. The number of rotatable bonds is 3. The normalized spacial score (nSPS) is 15.2. The molecule has 0 aliphatic carbocycles. The Bertz CT molecular complexity index is 380. The molecule has 1 aromatic rings. The molecule has 0 aliphatic heterocycles. The van der Waals surface area contributed by atoms with Crippen molar-refractivity contribution in [3.05, 3.63) is 33.6 Å². The van der Waals surface area contributed by atoms with Crippen molar-refractivity contribution in [1.29, 1.82) is 0 Å². The van der Waals surface area contributed by atoms with Gasteiger partial charge in [-0.25, -0.2) is 4.39 Å². The maximum Gasteiger partial charge on any atom is 0.142 e. The summed E-state index contributed by atoms with van der Waals surface area (Å²) >= 11 is 11.6. The maximum atomic E-state index is 13.3. The summed E-state index contributed by atoms with van der Waals surface area (Å²) in [5.41, 5.74) is 0.588. The Labute approximate surface area is 105 Å². The highest BCUT2D eigenvalue weighted by molar-refractivity contribution is 6.35. The lowest BCUT2D eigenvalue weighted by atomic mass is 9.89. The lowest BCUT2D eigenvalue weighted by Crippen LogP contribution is -2.22. The molecule has 0 aromatic heterocycles. The molecule has 16 heavy (non-hydrogen) atoms. The van der Waals surface area contributed by atoms with E-state index in [4.69, 9.17) is 23.2 Å². The quantitative estimate of drug-likeness (QED) is 0.810. The molecule has 0 saturated heterocycles. The summed E-state index contributed by atoms with van der Waals surface area (Å²) < 4.78 is 13.3. The SMILES string of the molecule is CC(C)C(O)C(C)c1cc(F)c(Cl)cc1Cl. The second kappa shape index (κ2) is 5.35. The van der Waals surface area contributed by atoms with Gasteiger partial charge in [0.2, 0.25) is 0 Å². The zero-order valence-electron chi connectivity index (χ0n) is 9.47. The van der Waals surface area contributed by atoms with Gasteiger partial charge in [-0.1, -0.05) is 44.0 Å². The topological polar surface area (TPSA) is 20.2 Å². The van der Waals surface area contributed by atoms with Crippen LogP contribution in [0.2, 0.25) is 10.0 Å². The van der Waals surface area contributed by atoms with Gasteiger partial charge >= 0.3 is 0 Å². The van der Waals surface area contributed by atoms with Crippen LogP contribution >= 0.6 is 23.2 Å². The zero-order valence-corrected chi connectivity index (χ0v) is 11.0. The van der Waals surface area contributed by atoms with Gasteiger partial charge in [0.25, 0.3) is 0 Å². The number of aliphatic hydroxyl groups excluding tert-OH is 1. The number of halogens is 3. The molecular weight excluding hydrogens is 250 g/mol. The van der Waals surface area contributed by atoms with Gasteiger partial charge in [0.1, 0.15) is 5.82 Å². The van der Waals surface area contributed by atoms with Crippen molar-refractivity contribution >= 4 is 23.2 Å². The number of aliphatic hydroxyl groups is 1. The lowest BCUT2D eigenvalue weighted by molar-refractivity contribution is 0.102. The van der Waals surface area contributed by atoms with E-state index < -0.39 is 11.9 Å². The van der Waals surface area contributed by atoms with E-state index in [0.29, 0.717) is 10.6 Å². The van der Waals surface area contributed by atoms with Gasteiger partial charge in [0.15, 0.2) is 0 Å². The average Bonchev–Trinajstić information content (AvgIpc) is 2.21. The number of benzene rings is 1. The van der Waals surface area contributed by atoms with Crippen molar-refractivity contribution in [1.82, 2.24) is 0 Å².